The number of hydrogen-bond donors (Lipinski definition) is 0. The van der Waals surface area contributed by atoms with Crippen molar-refractivity contribution in [1.29, 1.82) is 5.26 Å². The normalized spacial score (nSPS) is 10.3. The molecule has 0 spiro atoms. The van der Waals surface area contributed by atoms with Crippen molar-refractivity contribution in [2.24, 2.45) is 0 Å². The van der Waals surface area contributed by atoms with E-state index < -0.39 is 12.6 Å². The topological polar surface area (TPSA) is 88.2 Å². The van der Waals surface area contributed by atoms with Gasteiger partial charge < -0.3 is 9.64 Å². The van der Waals surface area contributed by atoms with Gasteiger partial charge in [-0.3, -0.25) is 4.79 Å². The molecule has 3 aromatic rings. The Labute approximate surface area is 175 Å². The Morgan fingerprint density at radius 2 is 1.83 bits per heavy atom. The first-order chi connectivity index (χ1) is 14.5. The zero-order chi connectivity index (χ0) is 21.5. The second-order valence-electron chi connectivity index (χ2n) is 6.79. The number of aryl methyl sites for hydroxylation is 1. The highest BCUT2D eigenvalue weighted by Gasteiger charge is 2.22. The summed E-state index contributed by atoms with van der Waals surface area (Å²) in [7, 11) is 1.57. The molecule has 1 aromatic heterocycles. The van der Waals surface area contributed by atoms with Crippen LogP contribution in [0, 0.1) is 18.3 Å². The minimum atomic E-state index is -0.627. The van der Waals surface area contributed by atoms with Gasteiger partial charge in [-0.25, -0.2) is 9.48 Å². The van der Waals surface area contributed by atoms with Crippen LogP contribution >= 0.6 is 0 Å². The fourth-order valence-corrected chi connectivity index (χ4v) is 2.93. The Balaban J connectivity index is 1.88. The van der Waals surface area contributed by atoms with Crippen molar-refractivity contribution < 1.29 is 14.3 Å². The predicted octanol–water partition coefficient (Wildman–Crippen LogP) is 3.38. The molecule has 1 amide bonds. The summed E-state index contributed by atoms with van der Waals surface area (Å²) in [5.41, 5.74) is 3.36. The van der Waals surface area contributed by atoms with Crippen molar-refractivity contribution in [3.05, 3.63) is 71.9 Å². The Morgan fingerprint density at radius 3 is 2.53 bits per heavy atom. The number of para-hydroxylation sites is 1. The van der Waals surface area contributed by atoms with Crippen LogP contribution in [0.3, 0.4) is 0 Å². The maximum Gasteiger partial charge on any atom is 0.342 e. The highest BCUT2D eigenvalue weighted by atomic mass is 16.5. The third-order valence-corrected chi connectivity index (χ3v) is 4.67. The third-order valence-electron chi connectivity index (χ3n) is 4.67. The first-order valence-corrected chi connectivity index (χ1v) is 9.50. The number of rotatable bonds is 7. The summed E-state index contributed by atoms with van der Waals surface area (Å²) in [5, 5.41) is 13.3. The Bertz CT molecular complexity index is 1080. The van der Waals surface area contributed by atoms with Gasteiger partial charge in [0.15, 0.2) is 6.61 Å². The van der Waals surface area contributed by atoms with E-state index in [9.17, 15) is 9.59 Å². The average Bonchev–Trinajstić information content (AvgIpc) is 3.21. The SMILES string of the molecule is Cc1ccccc1-c1nn(-c2ccccc2)cc1C(=O)OCC(=O)N(C)CCC#N. The molecule has 0 fully saturated rings. The highest BCUT2D eigenvalue weighted by Crippen LogP contribution is 2.27. The molecular weight excluding hydrogens is 380 g/mol. The van der Waals surface area contributed by atoms with Crippen molar-refractivity contribution in [1.82, 2.24) is 14.7 Å². The van der Waals surface area contributed by atoms with Gasteiger partial charge in [-0.15, -0.1) is 0 Å². The number of likely N-dealkylation sites (N-methyl/N-ethyl adjacent to an activating group) is 1. The van der Waals surface area contributed by atoms with E-state index in [0.717, 1.165) is 16.8 Å². The standard InChI is InChI=1S/C23H22N4O3/c1-17-9-6-7-12-19(17)22-20(15-27(25-22)18-10-4-3-5-11-18)23(29)30-16-21(28)26(2)14-8-13-24/h3-7,9-12,15H,8,14,16H2,1-2H3. The average molecular weight is 402 g/mol. The lowest BCUT2D eigenvalue weighted by molar-refractivity contribution is -0.133. The number of amides is 1. The lowest BCUT2D eigenvalue weighted by Crippen LogP contribution is -2.31. The predicted molar refractivity (Wildman–Crippen MR) is 112 cm³/mol. The van der Waals surface area contributed by atoms with Crippen molar-refractivity contribution in [3.63, 3.8) is 0 Å². The van der Waals surface area contributed by atoms with Gasteiger partial charge in [-0.05, 0) is 24.6 Å². The molecule has 0 aliphatic carbocycles. The Kier molecular flexibility index (Phi) is 6.60. The largest absolute Gasteiger partial charge is 0.452 e. The maximum atomic E-state index is 12.8. The molecule has 0 saturated heterocycles. The summed E-state index contributed by atoms with van der Waals surface area (Å²) in [6.07, 6.45) is 1.83. The highest BCUT2D eigenvalue weighted by molar-refractivity contribution is 5.97. The Morgan fingerprint density at radius 1 is 1.13 bits per heavy atom. The van der Waals surface area contributed by atoms with E-state index in [1.54, 1.807) is 17.9 Å². The summed E-state index contributed by atoms with van der Waals surface area (Å²) in [6, 6.07) is 19.1. The molecule has 0 N–H and O–H groups in total. The molecule has 7 heteroatoms. The van der Waals surface area contributed by atoms with Gasteiger partial charge >= 0.3 is 5.97 Å². The number of ether oxygens (including phenoxy) is 1. The molecule has 2 aromatic carbocycles. The molecule has 1 heterocycles. The van der Waals surface area contributed by atoms with E-state index in [-0.39, 0.29) is 24.4 Å². The van der Waals surface area contributed by atoms with E-state index in [1.807, 2.05) is 67.6 Å². The fraction of sp³-hybridized carbons (Fsp3) is 0.217. The van der Waals surface area contributed by atoms with Crippen molar-refractivity contribution >= 4 is 11.9 Å². The number of nitriles is 1. The molecule has 0 saturated carbocycles. The second kappa shape index (κ2) is 9.52. The van der Waals surface area contributed by atoms with E-state index in [4.69, 9.17) is 10.00 Å². The van der Waals surface area contributed by atoms with E-state index in [1.165, 1.54) is 4.90 Å². The third kappa shape index (κ3) is 4.73. The number of nitrogens with zero attached hydrogens (tertiary/aromatic N) is 4. The zero-order valence-corrected chi connectivity index (χ0v) is 16.9. The molecule has 0 aliphatic rings. The van der Waals surface area contributed by atoms with E-state index in [2.05, 4.69) is 5.10 Å². The van der Waals surface area contributed by atoms with Crippen LogP contribution in [0.15, 0.2) is 60.8 Å². The molecule has 30 heavy (non-hydrogen) atoms. The van der Waals surface area contributed by atoms with Crippen molar-refractivity contribution in [2.45, 2.75) is 13.3 Å². The van der Waals surface area contributed by atoms with Crippen LogP contribution in [0.1, 0.15) is 22.3 Å². The van der Waals surface area contributed by atoms with E-state index >= 15 is 0 Å². The minimum absolute atomic E-state index is 0.220. The molecule has 3 rings (SSSR count). The van der Waals surface area contributed by atoms with Gasteiger partial charge in [0.25, 0.3) is 5.91 Å². The quantitative estimate of drug-likeness (QED) is 0.565. The summed E-state index contributed by atoms with van der Waals surface area (Å²) in [6.45, 7) is 1.83. The monoisotopic (exact) mass is 402 g/mol. The van der Waals surface area contributed by atoms with Crippen LogP contribution in [-0.2, 0) is 9.53 Å². The fourth-order valence-electron chi connectivity index (χ4n) is 2.93. The molecule has 0 bridgehead atoms. The summed E-state index contributed by atoms with van der Waals surface area (Å²) in [5.74, 6) is -0.996. The first kappa shape index (κ1) is 20.8. The van der Waals surface area contributed by atoms with Gasteiger partial charge in [0.1, 0.15) is 11.3 Å². The molecule has 0 unspecified atom stereocenters. The van der Waals surface area contributed by atoms with Gasteiger partial charge in [0.2, 0.25) is 0 Å². The summed E-state index contributed by atoms with van der Waals surface area (Å²) in [4.78, 5) is 26.3. The molecule has 0 atom stereocenters. The first-order valence-electron chi connectivity index (χ1n) is 9.50. The van der Waals surface area contributed by atoms with Gasteiger partial charge in [0.05, 0.1) is 18.2 Å². The molecule has 0 radical (unpaired) electrons. The van der Waals surface area contributed by atoms with Gasteiger partial charge in [0, 0.05) is 25.4 Å². The number of aromatic nitrogens is 2. The number of carbonyl (C=O) groups excluding carboxylic acids is 2. The van der Waals surface area contributed by atoms with Crippen LogP contribution in [0.25, 0.3) is 16.9 Å². The van der Waals surface area contributed by atoms with E-state index in [0.29, 0.717) is 5.69 Å². The zero-order valence-electron chi connectivity index (χ0n) is 16.9. The summed E-state index contributed by atoms with van der Waals surface area (Å²) < 4.78 is 6.90. The Hall–Kier alpha value is -3.92. The van der Waals surface area contributed by atoms with Crippen LogP contribution in [0.5, 0.6) is 0 Å². The minimum Gasteiger partial charge on any atom is -0.452 e. The molecular formula is C23H22N4O3. The van der Waals surface area contributed by atoms with Crippen LogP contribution < -0.4 is 0 Å². The van der Waals surface area contributed by atoms with Gasteiger partial charge in [-0.2, -0.15) is 10.4 Å². The van der Waals surface area contributed by atoms with Crippen LogP contribution in [0.4, 0.5) is 0 Å². The molecule has 152 valence electrons. The van der Waals surface area contributed by atoms with Crippen molar-refractivity contribution in [2.75, 3.05) is 20.2 Å². The second-order valence-corrected chi connectivity index (χ2v) is 6.79. The number of carbonyl (C=O) groups is 2. The number of hydrogen-bond acceptors (Lipinski definition) is 5. The smallest absolute Gasteiger partial charge is 0.342 e. The van der Waals surface area contributed by atoms with Crippen molar-refractivity contribution in [3.8, 4) is 23.0 Å². The van der Waals surface area contributed by atoms with Crippen LogP contribution in [-0.4, -0.2) is 46.8 Å². The van der Waals surface area contributed by atoms with Gasteiger partial charge in [-0.1, -0.05) is 42.5 Å². The number of benzene rings is 2. The number of esters is 1. The maximum absolute atomic E-state index is 12.8. The lowest BCUT2D eigenvalue weighted by Gasteiger charge is -2.15. The van der Waals surface area contributed by atoms with Crippen LogP contribution in [0.2, 0.25) is 0 Å². The summed E-state index contributed by atoms with van der Waals surface area (Å²) >= 11 is 0. The molecule has 7 nitrogen and oxygen atoms in total. The lowest BCUT2D eigenvalue weighted by atomic mass is 10.0. The molecule has 0 aliphatic heterocycles.